The molecule has 0 aliphatic rings. The van der Waals surface area contributed by atoms with Crippen molar-refractivity contribution in [3.63, 3.8) is 0 Å². The Morgan fingerprint density at radius 1 is 1.35 bits per heavy atom. The van der Waals surface area contributed by atoms with Gasteiger partial charge in [0.05, 0.1) is 11.4 Å². The summed E-state index contributed by atoms with van der Waals surface area (Å²) < 4.78 is 47.4. The fourth-order valence-electron chi connectivity index (χ4n) is 1.27. The molecule has 0 fully saturated rings. The van der Waals surface area contributed by atoms with Crippen LogP contribution in [0.25, 0.3) is 0 Å². The van der Waals surface area contributed by atoms with E-state index in [1.807, 2.05) is 0 Å². The van der Waals surface area contributed by atoms with Gasteiger partial charge in [-0.3, -0.25) is 4.98 Å². The quantitative estimate of drug-likeness (QED) is 0.689. The predicted molar refractivity (Wildman–Crippen MR) is 79.7 cm³/mol. The molecule has 0 radical (unpaired) electrons. The molecule has 20 heavy (non-hydrogen) atoms. The largest absolute Gasteiger partial charge is 0.388 e. The summed E-state index contributed by atoms with van der Waals surface area (Å²) in [5.41, 5.74) is 5.69. The number of aromatic nitrogens is 1. The van der Waals surface area contributed by atoms with E-state index in [0.29, 0.717) is 5.69 Å². The van der Waals surface area contributed by atoms with E-state index in [2.05, 4.69) is 4.98 Å². The summed E-state index contributed by atoms with van der Waals surface area (Å²) >= 11 is 4.72. The number of sulfonamides is 1. The van der Waals surface area contributed by atoms with Crippen molar-refractivity contribution in [1.29, 1.82) is 0 Å². The van der Waals surface area contributed by atoms with Crippen LogP contribution in [0.1, 0.15) is 5.69 Å². The SMILES string of the molecule is CN(CCS(C)(=O)=O)S(=O)(=O)c1ccc(C(N)=S)nc1. The van der Waals surface area contributed by atoms with Crippen molar-refractivity contribution in [2.24, 2.45) is 5.73 Å². The van der Waals surface area contributed by atoms with E-state index in [1.165, 1.54) is 19.2 Å². The summed E-state index contributed by atoms with van der Waals surface area (Å²) in [7, 11) is -5.71. The van der Waals surface area contributed by atoms with E-state index in [4.69, 9.17) is 18.0 Å². The van der Waals surface area contributed by atoms with Crippen molar-refractivity contribution < 1.29 is 16.8 Å². The highest BCUT2D eigenvalue weighted by molar-refractivity contribution is 7.91. The van der Waals surface area contributed by atoms with E-state index in [-0.39, 0.29) is 22.2 Å². The molecule has 1 aromatic heterocycles. The fraction of sp³-hybridized carbons (Fsp3) is 0.400. The fourth-order valence-corrected chi connectivity index (χ4v) is 3.23. The van der Waals surface area contributed by atoms with Crippen LogP contribution in [-0.2, 0) is 19.9 Å². The lowest BCUT2D eigenvalue weighted by molar-refractivity contribution is 0.484. The maximum Gasteiger partial charge on any atom is 0.244 e. The Balaban J connectivity index is 2.95. The van der Waals surface area contributed by atoms with Crippen LogP contribution in [0, 0.1) is 0 Å². The van der Waals surface area contributed by atoms with Gasteiger partial charge in [-0.2, -0.15) is 4.31 Å². The van der Waals surface area contributed by atoms with Gasteiger partial charge in [-0.15, -0.1) is 0 Å². The zero-order valence-corrected chi connectivity index (χ0v) is 13.4. The predicted octanol–water partition coefficient (Wildman–Crippen LogP) is -0.619. The maximum absolute atomic E-state index is 12.2. The molecule has 0 unspecified atom stereocenters. The molecule has 0 saturated heterocycles. The van der Waals surface area contributed by atoms with Gasteiger partial charge < -0.3 is 5.73 Å². The highest BCUT2D eigenvalue weighted by Crippen LogP contribution is 2.13. The average Bonchev–Trinajstić information content (AvgIpc) is 2.35. The zero-order chi connectivity index (χ0) is 15.6. The second-order valence-electron chi connectivity index (χ2n) is 4.20. The Bertz CT molecular complexity index is 696. The average molecular weight is 337 g/mol. The third kappa shape index (κ3) is 4.47. The third-order valence-electron chi connectivity index (χ3n) is 2.47. The molecule has 0 amide bonds. The zero-order valence-electron chi connectivity index (χ0n) is 11.0. The normalized spacial score (nSPS) is 12.6. The van der Waals surface area contributed by atoms with E-state index in [9.17, 15) is 16.8 Å². The molecule has 0 atom stereocenters. The van der Waals surface area contributed by atoms with Crippen LogP contribution in [0.2, 0.25) is 0 Å². The first-order valence-electron chi connectivity index (χ1n) is 5.44. The van der Waals surface area contributed by atoms with Crippen LogP contribution in [0.3, 0.4) is 0 Å². The van der Waals surface area contributed by atoms with Crippen molar-refractivity contribution in [3.05, 3.63) is 24.0 Å². The smallest absolute Gasteiger partial charge is 0.244 e. The number of rotatable bonds is 6. The molecule has 1 heterocycles. The molecule has 0 spiro atoms. The van der Waals surface area contributed by atoms with E-state index in [1.54, 1.807) is 0 Å². The first-order chi connectivity index (χ1) is 9.04. The molecule has 2 N–H and O–H groups in total. The summed E-state index contributed by atoms with van der Waals surface area (Å²) in [6.07, 6.45) is 2.19. The Morgan fingerprint density at radius 2 is 1.95 bits per heavy atom. The second kappa shape index (κ2) is 6.12. The van der Waals surface area contributed by atoms with Crippen LogP contribution >= 0.6 is 12.2 Å². The standard InChI is InChI=1S/C10H15N3O4S3/c1-13(5-6-19(2,14)15)20(16,17)8-3-4-9(10(11)18)12-7-8/h3-4,7H,5-6H2,1-2H3,(H2,11,18). The Labute approximate surface area is 123 Å². The van der Waals surface area contributed by atoms with E-state index < -0.39 is 19.9 Å². The Kier molecular flexibility index (Phi) is 5.19. The van der Waals surface area contributed by atoms with Crippen LogP contribution in [0.15, 0.2) is 23.2 Å². The molecule has 0 aromatic carbocycles. The number of pyridine rings is 1. The van der Waals surface area contributed by atoms with E-state index >= 15 is 0 Å². The lowest BCUT2D eigenvalue weighted by Crippen LogP contribution is -2.31. The molecule has 1 rings (SSSR count). The Morgan fingerprint density at radius 3 is 2.35 bits per heavy atom. The van der Waals surface area contributed by atoms with Gasteiger partial charge in [0.15, 0.2) is 0 Å². The number of hydrogen-bond donors (Lipinski definition) is 1. The molecular formula is C10H15N3O4S3. The molecule has 112 valence electrons. The van der Waals surface area contributed by atoms with Gasteiger partial charge in [0.2, 0.25) is 10.0 Å². The van der Waals surface area contributed by atoms with Crippen LogP contribution < -0.4 is 5.73 Å². The number of nitrogens with two attached hydrogens (primary N) is 1. The summed E-state index contributed by atoms with van der Waals surface area (Å²) in [5.74, 6) is -0.249. The highest BCUT2D eigenvalue weighted by Gasteiger charge is 2.22. The topological polar surface area (TPSA) is 110 Å². The molecular weight excluding hydrogens is 322 g/mol. The van der Waals surface area contributed by atoms with E-state index in [0.717, 1.165) is 16.8 Å². The van der Waals surface area contributed by atoms with Crippen molar-refractivity contribution in [2.75, 3.05) is 25.6 Å². The molecule has 10 heteroatoms. The van der Waals surface area contributed by atoms with Gasteiger partial charge in [-0.25, -0.2) is 16.8 Å². The molecule has 0 saturated carbocycles. The minimum Gasteiger partial charge on any atom is -0.388 e. The maximum atomic E-state index is 12.2. The number of sulfone groups is 1. The van der Waals surface area contributed by atoms with Crippen molar-refractivity contribution in [1.82, 2.24) is 9.29 Å². The van der Waals surface area contributed by atoms with Crippen molar-refractivity contribution in [2.45, 2.75) is 4.90 Å². The van der Waals surface area contributed by atoms with Gasteiger partial charge in [-0.05, 0) is 12.1 Å². The van der Waals surface area contributed by atoms with Crippen molar-refractivity contribution in [3.8, 4) is 0 Å². The lowest BCUT2D eigenvalue weighted by Gasteiger charge is -2.16. The summed E-state index contributed by atoms with van der Waals surface area (Å²) in [6, 6.07) is 2.73. The van der Waals surface area contributed by atoms with Crippen LogP contribution in [0.4, 0.5) is 0 Å². The lowest BCUT2D eigenvalue weighted by atomic mass is 10.3. The van der Waals surface area contributed by atoms with Gasteiger partial charge >= 0.3 is 0 Å². The first kappa shape index (κ1) is 17.0. The van der Waals surface area contributed by atoms with Crippen LogP contribution in [-0.4, -0.2) is 56.7 Å². The number of hydrogen-bond acceptors (Lipinski definition) is 6. The highest BCUT2D eigenvalue weighted by atomic mass is 32.2. The third-order valence-corrected chi connectivity index (χ3v) is 5.45. The molecule has 0 aliphatic carbocycles. The molecule has 7 nitrogen and oxygen atoms in total. The van der Waals surface area contributed by atoms with Gasteiger partial charge in [0, 0.05) is 26.0 Å². The van der Waals surface area contributed by atoms with Gasteiger partial charge in [-0.1, -0.05) is 12.2 Å². The molecule has 0 bridgehead atoms. The second-order valence-corrected chi connectivity index (χ2v) is 8.94. The number of nitrogens with zero attached hydrogens (tertiary/aromatic N) is 2. The van der Waals surface area contributed by atoms with Gasteiger partial charge in [0.25, 0.3) is 0 Å². The number of thiocarbonyl (C=S) groups is 1. The summed E-state index contributed by atoms with van der Waals surface area (Å²) in [5, 5.41) is 0. The Hall–Kier alpha value is -1.10. The molecule has 1 aromatic rings. The monoisotopic (exact) mass is 337 g/mol. The van der Waals surface area contributed by atoms with Crippen molar-refractivity contribution >= 4 is 37.1 Å². The summed E-state index contributed by atoms with van der Waals surface area (Å²) in [6.45, 7) is -0.127. The van der Waals surface area contributed by atoms with Gasteiger partial charge in [0.1, 0.15) is 19.7 Å². The first-order valence-corrected chi connectivity index (χ1v) is 9.35. The minimum atomic E-state index is -3.78. The summed E-state index contributed by atoms with van der Waals surface area (Å²) in [4.78, 5) is 3.87. The molecule has 0 aliphatic heterocycles. The van der Waals surface area contributed by atoms with Crippen LogP contribution in [0.5, 0.6) is 0 Å². The minimum absolute atomic E-state index is 0.0477.